The molecule has 5 heteroatoms. The van der Waals surface area contributed by atoms with Gasteiger partial charge in [0, 0.05) is 44.5 Å². The van der Waals surface area contributed by atoms with Crippen LogP contribution in [0.2, 0.25) is 0 Å². The molecule has 1 aromatic carbocycles. The Bertz CT molecular complexity index is 474. The number of amides is 1. The van der Waals surface area contributed by atoms with Gasteiger partial charge >= 0.3 is 0 Å². The maximum atomic E-state index is 12.2. The number of nitrogens with one attached hydrogen (secondary N) is 1. The molecule has 128 valence electrons. The smallest absolute Gasteiger partial charge is 0.232 e. The van der Waals surface area contributed by atoms with Gasteiger partial charge in [0.2, 0.25) is 5.91 Å². The summed E-state index contributed by atoms with van der Waals surface area (Å²) in [6, 6.07) is 10.7. The van der Waals surface area contributed by atoms with Crippen molar-refractivity contribution in [3.63, 3.8) is 0 Å². The van der Waals surface area contributed by atoms with E-state index in [1.807, 2.05) is 25.1 Å². The molecule has 0 spiro atoms. The number of piperazine rings is 1. The fourth-order valence-electron chi connectivity index (χ4n) is 2.65. The molecule has 2 rings (SSSR count). The maximum Gasteiger partial charge on any atom is 0.232 e. The Balaban J connectivity index is 1.67. The van der Waals surface area contributed by atoms with Crippen molar-refractivity contribution >= 4 is 17.7 Å². The number of carbonyl (C=O) groups is 1. The quantitative estimate of drug-likeness (QED) is 0.827. The minimum atomic E-state index is -0.0186. The van der Waals surface area contributed by atoms with Crippen LogP contribution in [0.4, 0.5) is 0 Å². The third kappa shape index (κ3) is 6.16. The standard InChI is InChI=1S/C18H29N3OS/c1-15(21-11-9-20(3)10-12-21)13-19-18(22)16(2)23-14-17-7-5-4-6-8-17/h4-8,15-16H,9-14H2,1-3H3,(H,19,22)/t15-,16-/m1/s1. The normalized spacial score (nSPS) is 19.3. The monoisotopic (exact) mass is 335 g/mol. The topological polar surface area (TPSA) is 35.6 Å². The SMILES string of the molecule is C[C@H](CNC(=O)[C@@H](C)SCc1ccccc1)N1CCN(C)CC1. The first-order chi connectivity index (χ1) is 11.1. The van der Waals surface area contributed by atoms with Crippen LogP contribution in [-0.2, 0) is 10.5 Å². The highest BCUT2D eigenvalue weighted by Crippen LogP contribution is 2.17. The summed E-state index contributed by atoms with van der Waals surface area (Å²) in [6.07, 6.45) is 0. The highest BCUT2D eigenvalue weighted by atomic mass is 32.2. The van der Waals surface area contributed by atoms with Gasteiger partial charge in [0.25, 0.3) is 0 Å². The van der Waals surface area contributed by atoms with E-state index in [9.17, 15) is 4.79 Å². The lowest BCUT2D eigenvalue weighted by atomic mass is 10.2. The van der Waals surface area contributed by atoms with Crippen LogP contribution >= 0.6 is 11.8 Å². The number of likely N-dealkylation sites (N-methyl/N-ethyl adjacent to an activating group) is 1. The fourth-order valence-corrected chi connectivity index (χ4v) is 3.52. The molecule has 1 N–H and O–H groups in total. The number of nitrogens with zero attached hydrogens (tertiary/aromatic N) is 2. The molecule has 0 aromatic heterocycles. The summed E-state index contributed by atoms with van der Waals surface area (Å²) in [7, 11) is 2.16. The highest BCUT2D eigenvalue weighted by molar-refractivity contribution is 7.99. The molecular formula is C18H29N3OS. The summed E-state index contributed by atoms with van der Waals surface area (Å²) in [5.74, 6) is 1.02. The van der Waals surface area contributed by atoms with Gasteiger partial charge in [-0.05, 0) is 26.5 Å². The average Bonchev–Trinajstić information content (AvgIpc) is 2.58. The molecular weight excluding hydrogens is 306 g/mol. The van der Waals surface area contributed by atoms with Gasteiger partial charge in [-0.15, -0.1) is 11.8 Å². The molecule has 1 fully saturated rings. The van der Waals surface area contributed by atoms with Crippen LogP contribution in [0.1, 0.15) is 19.4 Å². The first-order valence-corrected chi connectivity index (χ1v) is 9.47. The molecule has 0 aliphatic carbocycles. The molecule has 0 bridgehead atoms. The van der Waals surface area contributed by atoms with Crippen molar-refractivity contribution in [2.45, 2.75) is 30.9 Å². The average molecular weight is 336 g/mol. The molecule has 1 heterocycles. The second kappa shape index (κ2) is 9.30. The third-order valence-corrected chi connectivity index (χ3v) is 5.66. The molecule has 1 aliphatic heterocycles. The molecule has 1 saturated heterocycles. The zero-order chi connectivity index (χ0) is 16.7. The molecule has 23 heavy (non-hydrogen) atoms. The number of hydrogen-bond donors (Lipinski definition) is 1. The van der Waals surface area contributed by atoms with E-state index in [-0.39, 0.29) is 11.2 Å². The maximum absolute atomic E-state index is 12.2. The van der Waals surface area contributed by atoms with Crippen molar-refractivity contribution in [3.8, 4) is 0 Å². The third-order valence-electron chi connectivity index (χ3n) is 4.44. The lowest BCUT2D eigenvalue weighted by Crippen LogP contribution is -2.51. The molecule has 0 radical (unpaired) electrons. The minimum Gasteiger partial charge on any atom is -0.354 e. The van der Waals surface area contributed by atoms with Gasteiger partial charge in [-0.25, -0.2) is 0 Å². The zero-order valence-electron chi connectivity index (χ0n) is 14.5. The van der Waals surface area contributed by atoms with E-state index in [4.69, 9.17) is 0 Å². The number of rotatable bonds is 7. The van der Waals surface area contributed by atoms with Crippen LogP contribution in [0.5, 0.6) is 0 Å². The first-order valence-electron chi connectivity index (χ1n) is 8.42. The molecule has 0 saturated carbocycles. The van der Waals surface area contributed by atoms with Crippen molar-refractivity contribution < 1.29 is 4.79 Å². The van der Waals surface area contributed by atoms with Crippen LogP contribution < -0.4 is 5.32 Å². The van der Waals surface area contributed by atoms with E-state index in [2.05, 4.69) is 41.2 Å². The summed E-state index contributed by atoms with van der Waals surface area (Å²) in [5, 5.41) is 3.09. The van der Waals surface area contributed by atoms with Gasteiger partial charge in [-0.2, -0.15) is 0 Å². The lowest BCUT2D eigenvalue weighted by Gasteiger charge is -2.36. The zero-order valence-corrected chi connectivity index (χ0v) is 15.3. The highest BCUT2D eigenvalue weighted by Gasteiger charge is 2.20. The Kier molecular flexibility index (Phi) is 7.40. The van der Waals surface area contributed by atoms with E-state index >= 15 is 0 Å². The Morgan fingerprint density at radius 2 is 1.83 bits per heavy atom. The van der Waals surface area contributed by atoms with E-state index in [0.29, 0.717) is 6.04 Å². The van der Waals surface area contributed by atoms with Crippen molar-refractivity contribution in [2.75, 3.05) is 39.8 Å². The fraction of sp³-hybridized carbons (Fsp3) is 0.611. The van der Waals surface area contributed by atoms with Gasteiger partial charge in [0.15, 0.2) is 0 Å². The molecule has 0 unspecified atom stereocenters. The molecule has 1 aromatic rings. The second-order valence-corrected chi connectivity index (χ2v) is 7.70. The summed E-state index contributed by atoms with van der Waals surface area (Å²) in [4.78, 5) is 17.1. The van der Waals surface area contributed by atoms with Gasteiger partial charge in [-0.1, -0.05) is 30.3 Å². The lowest BCUT2D eigenvalue weighted by molar-refractivity contribution is -0.120. The van der Waals surface area contributed by atoms with Crippen molar-refractivity contribution in [1.29, 1.82) is 0 Å². The van der Waals surface area contributed by atoms with Crippen molar-refractivity contribution in [3.05, 3.63) is 35.9 Å². The first kappa shape index (κ1) is 18.3. The Hall–Kier alpha value is -1.04. The summed E-state index contributed by atoms with van der Waals surface area (Å²) >= 11 is 1.69. The van der Waals surface area contributed by atoms with E-state index in [1.54, 1.807) is 11.8 Å². The Morgan fingerprint density at radius 1 is 1.17 bits per heavy atom. The number of benzene rings is 1. The van der Waals surface area contributed by atoms with Crippen LogP contribution in [0.3, 0.4) is 0 Å². The Morgan fingerprint density at radius 3 is 2.48 bits per heavy atom. The van der Waals surface area contributed by atoms with E-state index in [1.165, 1.54) is 5.56 Å². The van der Waals surface area contributed by atoms with Crippen molar-refractivity contribution in [2.24, 2.45) is 0 Å². The summed E-state index contributed by atoms with van der Waals surface area (Å²) < 4.78 is 0. The largest absolute Gasteiger partial charge is 0.354 e. The van der Waals surface area contributed by atoms with Crippen LogP contribution in [-0.4, -0.2) is 66.8 Å². The van der Waals surface area contributed by atoms with E-state index in [0.717, 1.165) is 38.5 Å². The van der Waals surface area contributed by atoms with Gasteiger partial charge in [0.1, 0.15) is 0 Å². The molecule has 1 aliphatic rings. The Labute approximate surface area is 144 Å². The number of thioether (sulfide) groups is 1. The van der Waals surface area contributed by atoms with Gasteiger partial charge in [-0.3, -0.25) is 9.69 Å². The molecule has 1 amide bonds. The van der Waals surface area contributed by atoms with Gasteiger partial charge in [0.05, 0.1) is 5.25 Å². The minimum absolute atomic E-state index is 0.0186. The second-order valence-electron chi connectivity index (χ2n) is 6.37. The summed E-state index contributed by atoms with van der Waals surface area (Å²) in [6.45, 7) is 9.33. The van der Waals surface area contributed by atoms with E-state index < -0.39 is 0 Å². The molecule has 4 nitrogen and oxygen atoms in total. The van der Waals surface area contributed by atoms with Crippen molar-refractivity contribution in [1.82, 2.24) is 15.1 Å². The summed E-state index contributed by atoms with van der Waals surface area (Å²) in [5.41, 5.74) is 1.27. The molecule has 2 atom stereocenters. The number of hydrogen-bond acceptors (Lipinski definition) is 4. The van der Waals surface area contributed by atoms with Crippen LogP contribution in [0.25, 0.3) is 0 Å². The predicted octanol–water partition coefficient (Wildman–Crippen LogP) is 2.06. The van der Waals surface area contributed by atoms with Crippen LogP contribution in [0, 0.1) is 0 Å². The van der Waals surface area contributed by atoms with Gasteiger partial charge < -0.3 is 10.2 Å². The predicted molar refractivity (Wildman–Crippen MR) is 98.7 cm³/mol. The number of carbonyl (C=O) groups excluding carboxylic acids is 1. The van der Waals surface area contributed by atoms with Crippen LogP contribution in [0.15, 0.2) is 30.3 Å².